The van der Waals surface area contributed by atoms with Gasteiger partial charge in [0, 0.05) is 12.1 Å². The fourth-order valence-corrected chi connectivity index (χ4v) is 1.65. The van der Waals surface area contributed by atoms with Crippen molar-refractivity contribution in [1.82, 2.24) is 5.32 Å². The molecule has 1 amide bonds. The van der Waals surface area contributed by atoms with Gasteiger partial charge in [0.15, 0.2) is 0 Å². The van der Waals surface area contributed by atoms with Crippen molar-refractivity contribution in [3.8, 4) is 5.75 Å². The van der Waals surface area contributed by atoms with Crippen LogP contribution in [0.2, 0.25) is 0 Å². The Bertz CT molecular complexity index is 360. The highest BCUT2D eigenvalue weighted by Gasteiger charge is 2.16. The highest BCUT2D eigenvalue weighted by molar-refractivity contribution is 5.97. The Labute approximate surface area is 83.1 Å². The molecule has 0 atom stereocenters. The van der Waals surface area contributed by atoms with Gasteiger partial charge in [0.2, 0.25) is 0 Å². The third-order valence-electron chi connectivity index (χ3n) is 2.32. The first-order valence-corrected chi connectivity index (χ1v) is 4.85. The first kappa shape index (κ1) is 9.06. The SMILES string of the molecule is CCOc1ccc2c(c1)C(=O)NCC2. The Morgan fingerprint density at radius 2 is 2.36 bits per heavy atom. The van der Waals surface area contributed by atoms with Gasteiger partial charge >= 0.3 is 0 Å². The summed E-state index contributed by atoms with van der Waals surface area (Å²) >= 11 is 0. The van der Waals surface area contributed by atoms with E-state index in [2.05, 4.69) is 5.32 Å². The van der Waals surface area contributed by atoms with Gasteiger partial charge < -0.3 is 10.1 Å². The number of hydrogen-bond donors (Lipinski definition) is 1. The van der Waals surface area contributed by atoms with Crippen LogP contribution in [0.25, 0.3) is 0 Å². The van der Waals surface area contributed by atoms with E-state index in [9.17, 15) is 4.79 Å². The van der Waals surface area contributed by atoms with E-state index >= 15 is 0 Å². The van der Waals surface area contributed by atoms with E-state index in [1.807, 2.05) is 25.1 Å². The molecule has 1 aromatic carbocycles. The second-order valence-corrected chi connectivity index (χ2v) is 3.26. The number of nitrogens with one attached hydrogen (secondary N) is 1. The molecule has 3 heteroatoms. The first-order chi connectivity index (χ1) is 6.81. The Morgan fingerprint density at radius 3 is 3.14 bits per heavy atom. The zero-order valence-corrected chi connectivity index (χ0v) is 8.17. The quantitative estimate of drug-likeness (QED) is 0.766. The van der Waals surface area contributed by atoms with Crippen molar-refractivity contribution < 1.29 is 9.53 Å². The predicted molar refractivity (Wildman–Crippen MR) is 53.6 cm³/mol. The third kappa shape index (κ3) is 1.58. The van der Waals surface area contributed by atoms with Gasteiger partial charge in [0.05, 0.1) is 6.61 Å². The highest BCUT2D eigenvalue weighted by atomic mass is 16.5. The molecule has 74 valence electrons. The molecule has 0 aliphatic carbocycles. The van der Waals surface area contributed by atoms with Gasteiger partial charge in [-0.15, -0.1) is 0 Å². The average molecular weight is 191 g/mol. The van der Waals surface area contributed by atoms with Gasteiger partial charge in [-0.05, 0) is 31.0 Å². The molecular weight excluding hydrogens is 178 g/mol. The Morgan fingerprint density at radius 1 is 1.50 bits per heavy atom. The van der Waals surface area contributed by atoms with Crippen LogP contribution in [0.15, 0.2) is 18.2 Å². The second-order valence-electron chi connectivity index (χ2n) is 3.26. The zero-order chi connectivity index (χ0) is 9.97. The highest BCUT2D eigenvalue weighted by Crippen LogP contribution is 2.20. The lowest BCUT2D eigenvalue weighted by molar-refractivity contribution is 0.0945. The molecule has 1 aromatic rings. The van der Waals surface area contributed by atoms with Gasteiger partial charge in [-0.1, -0.05) is 6.07 Å². The molecule has 0 spiro atoms. The maximum atomic E-state index is 11.5. The van der Waals surface area contributed by atoms with Crippen molar-refractivity contribution in [1.29, 1.82) is 0 Å². The number of carbonyl (C=O) groups excluding carboxylic acids is 1. The minimum Gasteiger partial charge on any atom is -0.494 e. The van der Waals surface area contributed by atoms with Gasteiger partial charge in [-0.3, -0.25) is 4.79 Å². The molecule has 1 aliphatic heterocycles. The summed E-state index contributed by atoms with van der Waals surface area (Å²) in [6, 6.07) is 5.70. The fourth-order valence-electron chi connectivity index (χ4n) is 1.65. The Balaban J connectivity index is 2.36. The number of carbonyl (C=O) groups is 1. The molecule has 0 radical (unpaired) electrons. The number of benzene rings is 1. The maximum Gasteiger partial charge on any atom is 0.251 e. The predicted octanol–water partition coefficient (Wildman–Crippen LogP) is 1.37. The van der Waals surface area contributed by atoms with E-state index in [0.29, 0.717) is 6.61 Å². The number of amides is 1. The molecule has 3 nitrogen and oxygen atoms in total. The molecule has 2 rings (SSSR count). The normalized spacial score (nSPS) is 14.5. The number of rotatable bonds is 2. The van der Waals surface area contributed by atoms with Crippen LogP contribution in [0.5, 0.6) is 5.75 Å². The molecular formula is C11H13NO2. The van der Waals surface area contributed by atoms with Gasteiger partial charge in [-0.2, -0.15) is 0 Å². The van der Waals surface area contributed by atoms with E-state index in [0.717, 1.165) is 29.8 Å². The smallest absolute Gasteiger partial charge is 0.251 e. The van der Waals surface area contributed by atoms with Crippen LogP contribution in [-0.2, 0) is 6.42 Å². The molecule has 0 fully saturated rings. The van der Waals surface area contributed by atoms with Crippen LogP contribution < -0.4 is 10.1 Å². The maximum absolute atomic E-state index is 11.5. The van der Waals surface area contributed by atoms with Crippen molar-refractivity contribution in [3.05, 3.63) is 29.3 Å². The molecule has 0 saturated heterocycles. The van der Waals surface area contributed by atoms with Gasteiger partial charge in [-0.25, -0.2) is 0 Å². The molecule has 0 aromatic heterocycles. The number of hydrogen-bond acceptors (Lipinski definition) is 2. The summed E-state index contributed by atoms with van der Waals surface area (Å²) in [7, 11) is 0. The van der Waals surface area contributed by atoms with Crippen LogP contribution in [0, 0.1) is 0 Å². The zero-order valence-electron chi connectivity index (χ0n) is 8.17. The van der Waals surface area contributed by atoms with E-state index in [1.54, 1.807) is 0 Å². The molecule has 0 bridgehead atoms. The summed E-state index contributed by atoms with van der Waals surface area (Å²) < 4.78 is 5.34. The molecule has 0 unspecified atom stereocenters. The van der Waals surface area contributed by atoms with Crippen LogP contribution in [0.3, 0.4) is 0 Å². The van der Waals surface area contributed by atoms with Crippen LogP contribution in [0.1, 0.15) is 22.8 Å². The van der Waals surface area contributed by atoms with Crippen molar-refractivity contribution in [3.63, 3.8) is 0 Å². The molecule has 0 saturated carbocycles. The van der Waals surface area contributed by atoms with Crippen LogP contribution in [0.4, 0.5) is 0 Å². The monoisotopic (exact) mass is 191 g/mol. The van der Waals surface area contributed by atoms with Gasteiger partial charge in [0.1, 0.15) is 5.75 Å². The van der Waals surface area contributed by atoms with Crippen LogP contribution >= 0.6 is 0 Å². The Kier molecular flexibility index (Phi) is 2.39. The van der Waals surface area contributed by atoms with E-state index in [4.69, 9.17) is 4.74 Å². The number of ether oxygens (including phenoxy) is 1. The minimum absolute atomic E-state index is 0.00723. The molecule has 1 heterocycles. The lowest BCUT2D eigenvalue weighted by atomic mass is 10.0. The lowest BCUT2D eigenvalue weighted by Gasteiger charge is -2.16. The fraction of sp³-hybridized carbons (Fsp3) is 0.364. The van der Waals surface area contributed by atoms with E-state index in [-0.39, 0.29) is 5.91 Å². The van der Waals surface area contributed by atoms with Crippen molar-refractivity contribution in [2.45, 2.75) is 13.3 Å². The minimum atomic E-state index is 0.00723. The summed E-state index contributed by atoms with van der Waals surface area (Å²) in [5.74, 6) is 0.774. The summed E-state index contributed by atoms with van der Waals surface area (Å²) in [6.07, 6.45) is 0.910. The third-order valence-corrected chi connectivity index (χ3v) is 2.32. The molecule has 14 heavy (non-hydrogen) atoms. The molecule has 1 aliphatic rings. The topological polar surface area (TPSA) is 38.3 Å². The average Bonchev–Trinajstić information content (AvgIpc) is 2.20. The standard InChI is InChI=1S/C11H13NO2/c1-2-14-9-4-3-8-5-6-12-11(13)10(8)7-9/h3-4,7H,2,5-6H2,1H3,(H,12,13). The largest absolute Gasteiger partial charge is 0.494 e. The molecule has 1 N–H and O–H groups in total. The first-order valence-electron chi connectivity index (χ1n) is 4.85. The summed E-state index contributed by atoms with van der Waals surface area (Å²) in [4.78, 5) is 11.5. The van der Waals surface area contributed by atoms with Gasteiger partial charge in [0.25, 0.3) is 5.91 Å². The van der Waals surface area contributed by atoms with E-state index in [1.165, 1.54) is 0 Å². The van der Waals surface area contributed by atoms with E-state index < -0.39 is 0 Å². The summed E-state index contributed by atoms with van der Waals surface area (Å²) in [5.41, 5.74) is 1.86. The summed E-state index contributed by atoms with van der Waals surface area (Å²) in [5, 5.41) is 2.81. The van der Waals surface area contributed by atoms with Crippen molar-refractivity contribution >= 4 is 5.91 Å². The second kappa shape index (κ2) is 3.70. The summed E-state index contributed by atoms with van der Waals surface area (Å²) in [6.45, 7) is 3.29. The Hall–Kier alpha value is -1.51. The van der Waals surface area contributed by atoms with Crippen molar-refractivity contribution in [2.75, 3.05) is 13.2 Å². The number of fused-ring (bicyclic) bond motifs is 1. The van der Waals surface area contributed by atoms with Crippen LogP contribution in [-0.4, -0.2) is 19.1 Å². The lowest BCUT2D eigenvalue weighted by Crippen LogP contribution is -2.31. The van der Waals surface area contributed by atoms with Crippen molar-refractivity contribution in [2.24, 2.45) is 0 Å².